The summed E-state index contributed by atoms with van der Waals surface area (Å²) in [5.74, 6) is 1.04. The van der Waals surface area contributed by atoms with Crippen LogP contribution in [0.15, 0.2) is 0 Å². The largest absolute Gasteiger partial charge is 0.330 e. The minimum atomic E-state index is 0.346. The number of hydrogen-bond acceptors (Lipinski definition) is 2. The van der Waals surface area contributed by atoms with Crippen LogP contribution in [-0.4, -0.2) is 30.6 Å². The minimum Gasteiger partial charge on any atom is -0.330 e. The molecule has 2 bridgehead atoms. The Labute approximate surface area is 94.2 Å². The van der Waals surface area contributed by atoms with Crippen molar-refractivity contribution in [1.29, 1.82) is 0 Å². The maximum absolute atomic E-state index is 5.75. The third kappa shape index (κ3) is 2.73. The Morgan fingerprint density at radius 2 is 2.13 bits per heavy atom. The van der Waals surface area contributed by atoms with E-state index < -0.39 is 0 Å². The lowest BCUT2D eigenvalue weighted by atomic mass is 9.88. The first-order valence-electron chi connectivity index (χ1n) is 6.55. The van der Waals surface area contributed by atoms with E-state index in [9.17, 15) is 0 Å². The molecule has 2 fully saturated rings. The lowest BCUT2D eigenvalue weighted by Gasteiger charge is -2.29. The second kappa shape index (κ2) is 4.42. The molecule has 15 heavy (non-hydrogen) atoms. The van der Waals surface area contributed by atoms with Crippen LogP contribution in [0.2, 0.25) is 0 Å². The van der Waals surface area contributed by atoms with E-state index >= 15 is 0 Å². The van der Waals surface area contributed by atoms with Gasteiger partial charge in [-0.15, -0.1) is 0 Å². The molecule has 2 unspecified atom stereocenters. The van der Waals surface area contributed by atoms with Gasteiger partial charge >= 0.3 is 0 Å². The molecular weight excluding hydrogens is 184 g/mol. The van der Waals surface area contributed by atoms with Gasteiger partial charge in [0.2, 0.25) is 0 Å². The predicted molar refractivity (Wildman–Crippen MR) is 64.8 cm³/mol. The van der Waals surface area contributed by atoms with Crippen molar-refractivity contribution in [1.82, 2.24) is 4.90 Å². The number of hydrogen-bond donors (Lipinski definition) is 1. The van der Waals surface area contributed by atoms with E-state index in [1.807, 2.05) is 0 Å². The first kappa shape index (κ1) is 11.4. The van der Waals surface area contributed by atoms with Crippen LogP contribution >= 0.6 is 0 Å². The Morgan fingerprint density at radius 3 is 2.67 bits per heavy atom. The molecule has 2 aliphatic rings. The van der Waals surface area contributed by atoms with Gasteiger partial charge in [-0.2, -0.15) is 0 Å². The van der Waals surface area contributed by atoms with Crippen LogP contribution in [0.3, 0.4) is 0 Å². The second-order valence-corrected chi connectivity index (χ2v) is 6.30. The predicted octanol–water partition coefficient (Wildman–Crippen LogP) is 2.24. The summed E-state index contributed by atoms with van der Waals surface area (Å²) in [4.78, 5) is 2.72. The summed E-state index contributed by atoms with van der Waals surface area (Å²) in [5, 5.41) is 0. The van der Waals surface area contributed by atoms with Crippen LogP contribution in [0, 0.1) is 11.3 Å². The normalized spacial score (nSPS) is 31.4. The SMILES string of the molecule is CC(C)(CN)CCCN1CC2CCC1C2. The van der Waals surface area contributed by atoms with Crippen molar-refractivity contribution in [3.8, 4) is 0 Å². The summed E-state index contributed by atoms with van der Waals surface area (Å²) < 4.78 is 0. The number of fused-ring (bicyclic) bond motifs is 2. The zero-order valence-electron chi connectivity index (χ0n) is 10.3. The van der Waals surface area contributed by atoms with E-state index in [0.29, 0.717) is 5.41 Å². The van der Waals surface area contributed by atoms with E-state index in [4.69, 9.17) is 5.73 Å². The molecule has 0 spiro atoms. The van der Waals surface area contributed by atoms with E-state index in [0.717, 1.165) is 18.5 Å². The Kier molecular flexibility index (Phi) is 3.36. The smallest absolute Gasteiger partial charge is 0.00985 e. The molecule has 1 saturated carbocycles. The van der Waals surface area contributed by atoms with Gasteiger partial charge in [-0.05, 0) is 56.5 Å². The zero-order valence-corrected chi connectivity index (χ0v) is 10.3. The highest BCUT2D eigenvalue weighted by Gasteiger charge is 2.37. The molecular formula is C13H26N2. The van der Waals surface area contributed by atoms with Crippen LogP contribution in [0.1, 0.15) is 46.0 Å². The van der Waals surface area contributed by atoms with Gasteiger partial charge in [0, 0.05) is 12.6 Å². The first-order chi connectivity index (χ1) is 7.11. The van der Waals surface area contributed by atoms with E-state index in [1.54, 1.807) is 0 Å². The standard InChI is InChI=1S/C13H26N2/c1-13(2,10-14)6-3-7-15-9-11-4-5-12(15)8-11/h11-12H,3-10,14H2,1-2H3. The van der Waals surface area contributed by atoms with Crippen molar-refractivity contribution in [3.63, 3.8) is 0 Å². The van der Waals surface area contributed by atoms with Gasteiger partial charge in [0.25, 0.3) is 0 Å². The van der Waals surface area contributed by atoms with Gasteiger partial charge in [-0.3, -0.25) is 0 Å². The molecule has 0 aromatic rings. The fourth-order valence-corrected chi connectivity index (χ4v) is 3.16. The Balaban J connectivity index is 1.67. The van der Waals surface area contributed by atoms with Crippen LogP contribution in [0.5, 0.6) is 0 Å². The van der Waals surface area contributed by atoms with Gasteiger partial charge in [-0.25, -0.2) is 0 Å². The molecule has 1 aliphatic carbocycles. The van der Waals surface area contributed by atoms with Crippen molar-refractivity contribution in [3.05, 3.63) is 0 Å². The quantitative estimate of drug-likeness (QED) is 0.754. The lowest BCUT2D eigenvalue weighted by Crippen LogP contribution is -2.34. The molecule has 1 saturated heterocycles. The third-order valence-electron chi connectivity index (χ3n) is 4.37. The number of nitrogens with zero attached hydrogens (tertiary/aromatic N) is 1. The monoisotopic (exact) mass is 210 g/mol. The Bertz CT molecular complexity index is 213. The van der Waals surface area contributed by atoms with Crippen molar-refractivity contribution < 1.29 is 0 Å². The minimum absolute atomic E-state index is 0.346. The highest BCUT2D eigenvalue weighted by molar-refractivity contribution is 4.91. The van der Waals surface area contributed by atoms with Gasteiger partial charge in [0.1, 0.15) is 0 Å². The molecule has 2 atom stereocenters. The summed E-state index contributed by atoms with van der Waals surface area (Å²) in [7, 11) is 0. The summed E-state index contributed by atoms with van der Waals surface area (Å²) >= 11 is 0. The van der Waals surface area contributed by atoms with Crippen molar-refractivity contribution in [2.75, 3.05) is 19.6 Å². The average Bonchev–Trinajstić information content (AvgIpc) is 2.79. The fourth-order valence-electron chi connectivity index (χ4n) is 3.16. The maximum atomic E-state index is 5.75. The third-order valence-corrected chi connectivity index (χ3v) is 4.37. The number of likely N-dealkylation sites (tertiary alicyclic amines) is 1. The molecule has 1 heterocycles. The second-order valence-electron chi connectivity index (χ2n) is 6.30. The van der Waals surface area contributed by atoms with Crippen LogP contribution in [0.4, 0.5) is 0 Å². The highest BCUT2D eigenvalue weighted by atomic mass is 15.2. The molecule has 2 heteroatoms. The van der Waals surface area contributed by atoms with E-state index in [1.165, 1.54) is 45.2 Å². The summed E-state index contributed by atoms with van der Waals surface area (Å²) in [5.41, 5.74) is 6.09. The topological polar surface area (TPSA) is 29.3 Å². The van der Waals surface area contributed by atoms with E-state index in [2.05, 4.69) is 18.7 Å². The van der Waals surface area contributed by atoms with Gasteiger partial charge in [0.05, 0.1) is 0 Å². The fraction of sp³-hybridized carbons (Fsp3) is 1.00. The number of nitrogens with two attached hydrogens (primary N) is 1. The number of rotatable bonds is 5. The van der Waals surface area contributed by atoms with Gasteiger partial charge in [0.15, 0.2) is 0 Å². The van der Waals surface area contributed by atoms with E-state index in [-0.39, 0.29) is 0 Å². The summed E-state index contributed by atoms with van der Waals surface area (Å²) in [6, 6.07) is 0.941. The lowest BCUT2D eigenvalue weighted by molar-refractivity contribution is 0.197. The van der Waals surface area contributed by atoms with Gasteiger partial charge < -0.3 is 10.6 Å². The Morgan fingerprint density at radius 1 is 1.33 bits per heavy atom. The average molecular weight is 210 g/mol. The molecule has 2 nitrogen and oxygen atoms in total. The first-order valence-corrected chi connectivity index (χ1v) is 6.55. The molecule has 0 aromatic carbocycles. The van der Waals surface area contributed by atoms with Crippen LogP contribution in [0.25, 0.3) is 0 Å². The van der Waals surface area contributed by atoms with Crippen molar-refractivity contribution in [2.45, 2.75) is 52.0 Å². The molecule has 0 radical (unpaired) electrons. The van der Waals surface area contributed by atoms with Crippen LogP contribution in [-0.2, 0) is 0 Å². The molecule has 0 amide bonds. The highest BCUT2D eigenvalue weighted by Crippen LogP contribution is 2.37. The zero-order chi connectivity index (χ0) is 10.9. The molecule has 1 aliphatic heterocycles. The molecule has 0 aromatic heterocycles. The van der Waals surface area contributed by atoms with Gasteiger partial charge in [-0.1, -0.05) is 13.8 Å². The van der Waals surface area contributed by atoms with Crippen molar-refractivity contribution in [2.24, 2.45) is 17.1 Å². The molecule has 2 N–H and O–H groups in total. The maximum Gasteiger partial charge on any atom is 0.00985 e. The van der Waals surface area contributed by atoms with Crippen LogP contribution < -0.4 is 5.73 Å². The molecule has 2 rings (SSSR count). The Hall–Kier alpha value is -0.0800. The molecule has 88 valence electrons. The van der Waals surface area contributed by atoms with Crippen molar-refractivity contribution >= 4 is 0 Å². The number of piperidine rings is 1. The summed E-state index contributed by atoms with van der Waals surface area (Å²) in [6.45, 7) is 8.07. The summed E-state index contributed by atoms with van der Waals surface area (Å²) in [6.07, 6.45) is 7.05.